The first-order valence-corrected chi connectivity index (χ1v) is 8.39. The van der Waals surface area contributed by atoms with Crippen LogP contribution in [0.15, 0.2) is 18.2 Å². The molecule has 0 aromatic heterocycles. The molecular formula is C15H22N2O2S. The molecule has 2 rings (SSSR count). The Morgan fingerprint density at radius 3 is 2.65 bits per heavy atom. The van der Waals surface area contributed by atoms with E-state index < -0.39 is 0 Å². The molecule has 1 saturated carbocycles. The molecule has 0 atom stereocenters. The third-order valence-electron chi connectivity index (χ3n) is 4.20. The maximum Gasteiger partial charge on any atom is 0.272 e. The highest BCUT2D eigenvalue weighted by atomic mass is 32.2. The Morgan fingerprint density at radius 1 is 1.35 bits per heavy atom. The number of nitrogens with one attached hydrogen (secondary N) is 1. The lowest BCUT2D eigenvalue weighted by molar-refractivity contribution is -0.385. The van der Waals surface area contributed by atoms with Gasteiger partial charge in [0.05, 0.1) is 4.92 Å². The van der Waals surface area contributed by atoms with Gasteiger partial charge in [-0.15, -0.1) is 0 Å². The Bertz CT molecular complexity index is 471. The minimum absolute atomic E-state index is 0.218. The van der Waals surface area contributed by atoms with E-state index in [1.807, 2.05) is 24.8 Å². The minimum atomic E-state index is -0.303. The van der Waals surface area contributed by atoms with Gasteiger partial charge in [-0.05, 0) is 44.4 Å². The van der Waals surface area contributed by atoms with Crippen molar-refractivity contribution < 1.29 is 4.92 Å². The third-order valence-corrected chi connectivity index (χ3v) is 5.34. The van der Waals surface area contributed by atoms with Crippen LogP contribution in [0.4, 0.5) is 5.69 Å². The van der Waals surface area contributed by atoms with Gasteiger partial charge in [-0.3, -0.25) is 10.1 Å². The number of rotatable bonds is 5. The Balaban J connectivity index is 1.92. The predicted molar refractivity (Wildman–Crippen MR) is 84.2 cm³/mol. The molecule has 1 fully saturated rings. The minimum Gasteiger partial charge on any atom is -0.310 e. The summed E-state index contributed by atoms with van der Waals surface area (Å²) in [5.74, 6) is 0. The number of hydrogen-bond donors (Lipinski definition) is 1. The number of benzene rings is 1. The molecule has 1 aromatic rings. The first kappa shape index (κ1) is 15.3. The predicted octanol–water partition coefficient (Wildman–Crippen LogP) is 3.67. The van der Waals surface area contributed by atoms with Crippen LogP contribution in [0.5, 0.6) is 0 Å². The Kier molecular flexibility index (Phi) is 5.43. The van der Waals surface area contributed by atoms with Crippen LogP contribution in [0, 0.1) is 17.0 Å². The molecule has 0 radical (unpaired) electrons. The lowest BCUT2D eigenvalue weighted by atomic mass is 9.94. The fourth-order valence-corrected chi connectivity index (χ4v) is 3.56. The van der Waals surface area contributed by atoms with E-state index in [1.54, 1.807) is 12.1 Å². The zero-order valence-electron chi connectivity index (χ0n) is 12.1. The second-order valence-corrected chi connectivity index (χ2v) is 6.55. The molecule has 0 unspecified atom stereocenters. The van der Waals surface area contributed by atoms with Crippen LogP contribution in [-0.4, -0.2) is 22.5 Å². The normalized spacial score (nSPS) is 22.7. The van der Waals surface area contributed by atoms with Crippen LogP contribution in [0.25, 0.3) is 0 Å². The van der Waals surface area contributed by atoms with E-state index in [0.29, 0.717) is 6.04 Å². The molecule has 20 heavy (non-hydrogen) atoms. The topological polar surface area (TPSA) is 55.2 Å². The molecule has 1 aliphatic carbocycles. The fraction of sp³-hybridized carbons (Fsp3) is 0.600. The summed E-state index contributed by atoms with van der Waals surface area (Å²) in [5.41, 5.74) is 2.03. The van der Waals surface area contributed by atoms with E-state index in [4.69, 9.17) is 0 Å². The summed E-state index contributed by atoms with van der Waals surface area (Å²) in [7, 11) is 0. The number of hydrogen-bond acceptors (Lipinski definition) is 4. The molecule has 0 spiro atoms. The summed E-state index contributed by atoms with van der Waals surface area (Å²) >= 11 is 1.97. The second-order valence-electron chi connectivity index (χ2n) is 5.41. The number of thioether (sulfide) groups is 1. The highest BCUT2D eigenvalue weighted by molar-refractivity contribution is 7.99. The fourth-order valence-electron chi connectivity index (χ4n) is 2.82. The Hall–Kier alpha value is -1.07. The van der Waals surface area contributed by atoms with Crippen molar-refractivity contribution >= 4 is 17.4 Å². The van der Waals surface area contributed by atoms with Crippen molar-refractivity contribution in [2.75, 3.05) is 6.26 Å². The van der Waals surface area contributed by atoms with Gasteiger partial charge < -0.3 is 5.32 Å². The molecule has 1 N–H and O–H groups in total. The van der Waals surface area contributed by atoms with E-state index in [1.165, 1.54) is 25.7 Å². The molecular weight excluding hydrogens is 272 g/mol. The standard InChI is InChI=1S/C15H22N2O2S/c1-11-12(4-3-5-15(11)17(18)19)10-16-13-6-8-14(20-2)9-7-13/h3-5,13-14,16H,6-10H2,1-2H3. The van der Waals surface area contributed by atoms with Crippen LogP contribution in [-0.2, 0) is 6.54 Å². The first-order valence-electron chi connectivity index (χ1n) is 7.11. The highest BCUT2D eigenvalue weighted by Crippen LogP contribution is 2.27. The monoisotopic (exact) mass is 294 g/mol. The molecule has 0 bridgehead atoms. The quantitative estimate of drug-likeness (QED) is 0.665. The van der Waals surface area contributed by atoms with E-state index in [9.17, 15) is 10.1 Å². The summed E-state index contributed by atoms with van der Waals surface area (Å²) in [6, 6.07) is 5.87. The highest BCUT2D eigenvalue weighted by Gasteiger charge is 2.20. The van der Waals surface area contributed by atoms with Gasteiger partial charge >= 0.3 is 0 Å². The lowest BCUT2D eigenvalue weighted by Crippen LogP contribution is -2.33. The van der Waals surface area contributed by atoms with Crippen molar-refractivity contribution in [3.8, 4) is 0 Å². The van der Waals surface area contributed by atoms with Crippen molar-refractivity contribution in [1.29, 1.82) is 0 Å². The van der Waals surface area contributed by atoms with Crippen molar-refractivity contribution in [3.63, 3.8) is 0 Å². The number of nitro groups is 1. The van der Waals surface area contributed by atoms with Gasteiger partial charge in [-0.2, -0.15) is 11.8 Å². The molecule has 0 aliphatic heterocycles. The van der Waals surface area contributed by atoms with Crippen LogP contribution in [0.2, 0.25) is 0 Å². The third kappa shape index (κ3) is 3.73. The van der Waals surface area contributed by atoms with Gasteiger partial charge in [-0.25, -0.2) is 0 Å². The Labute approximate surface area is 124 Å². The van der Waals surface area contributed by atoms with Crippen LogP contribution >= 0.6 is 11.8 Å². The number of nitro benzene ring substituents is 1. The number of nitrogens with zero attached hydrogens (tertiary/aromatic N) is 1. The zero-order valence-corrected chi connectivity index (χ0v) is 12.9. The Morgan fingerprint density at radius 2 is 2.05 bits per heavy atom. The first-order chi connectivity index (χ1) is 9.61. The van der Waals surface area contributed by atoms with Crippen LogP contribution < -0.4 is 5.32 Å². The largest absolute Gasteiger partial charge is 0.310 e. The maximum absolute atomic E-state index is 10.9. The summed E-state index contributed by atoms with van der Waals surface area (Å²) in [6.45, 7) is 2.56. The molecule has 1 aromatic carbocycles. The van der Waals surface area contributed by atoms with E-state index >= 15 is 0 Å². The van der Waals surface area contributed by atoms with Crippen molar-refractivity contribution in [2.45, 2.75) is 50.4 Å². The summed E-state index contributed by atoms with van der Waals surface area (Å²) in [5, 5.41) is 15.3. The van der Waals surface area contributed by atoms with Gasteiger partial charge in [0.15, 0.2) is 0 Å². The van der Waals surface area contributed by atoms with Crippen LogP contribution in [0.1, 0.15) is 36.8 Å². The molecule has 5 heteroatoms. The van der Waals surface area contributed by atoms with E-state index in [-0.39, 0.29) is 10.6 Å². The average molecular weight is 294 g/mol. The molecule has 110 valence electrons. The molecule has 0 saturated heterocycles. The SMILES string of the molecule is CSC1CCC(NCc2cccc([N+](=O)[O-])c2C)CC1. The average Bonchev–Trinajstić information content (AvgIpc) is 2.46. The molecule has 0 amide bonds. The van der Waals surface area contributed by atoms with Crippen molar-refractivity contribution in [1.82, 2.24) is 5.32 Å². The van der Waals surface area contributed by atoms with Crippen molar-refractivity contribution in [2.24, 2.45) is 0 Å². The summed E-state index contributed by atoms with van der Waals surface area (Å²) < 4.78 is 0. The second kappa shape index (κ2) is 7.09. The lowest BCUT2D eigenvalue weighted by Gasteiger charge is -2.28. The summed E-state index contributed by atoms with van der Waals surface area (Å²) in [4.78, 5) is 10.6. The van der Waals surface area contributed by atoms with E-state index in [2.05, 4.69) is 11.6 Å². The maximum atomic E-state index is 10.9. The molecule has 4 nitrogen and oxygen atoms in total. The molecule has 0 heterocycles. The van der Waals surface area contributed by atoms with Gasteiger partial charge in [0.2, 0.25) is 0 Å². The van der Waals surface area contributed by atoms with Gasteiger partial charge in [0.25, 0.3) is 5.69 Å². The van der Waals surface area contributed by atoms with Crippen LogP contribution in [0.3, 0.4) is 0 Å². The molecule has 1 aliphatic rings. The van der Waals surface area contributed by atoms with E-state index in [0.717, 1.165) is 22.9 Å². The van der Waals surface area contributed by atoms with Crippen molar-refractivity contribution in [3.05, 3.63) is 39.4 Å². The van der Waals surface area contributed by atoms with Gasteiger partial charge in [0.1, 0.15) is 0 Å². The van der Waals surface area contributed by atoms with Gasteiger partial charge in [-0.1, -0.05) is 12.1 Å². The smallest absolute Gasteiger partial charge is 0.272 e. The van der Waals surface area contributed by atoms with Gasteiger partial charge in [0, 0.05) is 29.5 Å². The zero-order chi connectivity index (χ0) is 14.5. The summed E-state index contributed by atoms with van der Waals surface area (Å²) in [6.07, 6.45) is 7.14.